The van der Waals surface area contributed by atoms with Crippen molar-refractivity contribution in [3.8, 4) is 0 Å². The van der Waals surface area contributed by atoms with Gasteiger partial charge in [-0.3, -0.25) is 14.3 Å². The number of aromatic nitrogens is 1. The van der Waals surface area contributed by atoms with Gasteiger partial charge in [0.1, 0.15) is 0 Å². The SMILES string of the molecule is CS(=O)(=O)Nc1nc(CC(=O)N2CCNC(=O)CC2)cs1. The quantitative estimate of drug-likeness (QED) is 0.766. The molecule has 1 aromatic rings. The highest BCUT2D eigenvalue weighted by atomic mass is 32.2. The second-order valence-electron chi connectivity index (χ2n) is 4.68. The maximum atomic E-state index is 12.1. The lowest BCUT2D eigenvalue weighted by atomic mass is 10.3. The van der Waals surface area contributed by atoms with Crippen LogP contribution in [0.3, 0.4) is 0 Å². The van der Waals surface area contributed by atoms with Crippen LogP contribution in [0.15, 0.2) is 5.38 Å². The van der Waals surface area contributed by atoms with E-state index in [1.165, 1.54) is 0 Å². The zero-order valence-electron chi connectivity index (χ0n) is 11.5. The number of carbonyl (C=O) groups is 2. The minimum absolute atomic E-state index is 0.0569. The van der Waals surface area contributed by atoms with Crippen LogP contribution in [0, 0.1) is 0 Å². The van der Waals surface area contributed by atoms with E-state index in [0.29, 0.717) is 31.7 Å². The van der Waals surface area contributed by atoms with Gasteiger partial charge in [0.15, 0.2) is 5.13 Å². The van der Waals surface area contributed by atoms with Gasteiger partial charge in [-0.2, -0.15) is 0 Å². The smallest absolute Gasteiger partial charge is 0.231 e. The fraction of sp³-hybridized carbons (Fsp3) is 0.545. The standard InChI is InChI=1S/C11H16N4O4S2/c1-21(18,19)14-11-13-8(7-20-11)6-10(17)15-4-2-9(16)12-3-5-15/h7H,2-6H2,1H3,(H,12,16)(H,13,14). The highest BCUT2D eigenvalue weighted by molar-refractivity contribution is 7.92. The molecule has 2 rings (SSSR count). The largest absolute Gasteiger partial charge is 0.354 e. The van der Waals surface area contributed by atoms with Gasteiger partial charge in [0.2, 0.25) is 21.8 Å². The maximum Gasteiger partial charge on any atom is 0.231 e. The molecule has 2 N–H and O–H groups in total. The van der Waals surface area contributed by atoms with Gasteiger partial charge in [-0.15, -0.1) is 11.3 Å². The van der Waals surface area contributed by atoms with Crippen LogP contribution in [0.5, 0.6) is 0 Å². The summed E-state index contributed by atoms with van der Waals surface area (Å²) in [6.07, 6.45) is 1.43. The van der Waals surface area contributed by atoms with Crippen LogP contribution in [0.2, 0.25) is 0 Å². The van der Waals surface area contributed by atoms with Crippen molar-refractivity contribution in [3.63, 3.8) is 0 Å². The van der Waals surface area contributed by atoms with Crippen molar-refractivity contribution in [3.05, 3.63) is 11.1 Å². The van der Waals surface area contributed by atoms with Crippen molar-refractivity contribution in [2.45, 2.75) is 12.8 Å². The second kappa shape index (κ2) is 6.39. The van der Waals surface area contributed by atoms with Crippen molar-refractivity contribution in [2.24, 2.45) is 0 Å². The summed E-state index contributed by atoms with van der Waals surface area (Å²) in [4.78, 5) is 29.0. The fourth-order valence-electron chi connectivity index (χ4n) is 1.88. The second-order valence-corrected chi connectivity index (χ2v) is 7.28. The Balaban J connectivity index is 1.95. The summed E-state index contributed by atoms with van der Waals surface area (Å²) in [6, 6.07) is 0. The molecule has 1 aliphatic heterocycles. The molecule has 1 saturated heterocycles. The van der Waals surface area contributed by atoms with Gasteiger partial charge >= 0.3 is 0 Å². The van der Waals surface area contributed by atoms with Crippen LogP contribution in [0.25, 0.3) is 0 Å². The molecule has 21 heavy (non-hydrogen) atoms. The van der Waals surface area contributed by atoms with Crippen molar-refractivity contribution in [1.29, 1.82) is 0 Å². The van der Waals surface area contributed by atoms with Crippen molar-refractivity contribution < 1.29 is 18.0 Å². The van der Waals surface area contributed by atoms with E-state index in [1.807, 2.05) is 0 Å². The monoisotopic (exact) mass is 332 g/mol. The fourth-order valence-corrected chi connectivity index (χ4v) is 3.44. The van der Waals surface area contributed by atoms with Crippen LogP contribution in [0.1, 0.15) is 12.1 Å². The van der Waals surface area contributed by atoms with Crippen LogP contribution in [0.4, 0.5) is 5.13 Å². The Hall–Kier alpha value is -1.68. The summed E-state index contributed by atoms with van der Waals surface area (Å²) in [5.41, 5.74) is 0.514. The minimum Gasteiger partial charge on any atom is -0.354 e. The molecular formula is C11H16N4O4S2. The predicted molar refractivity (Wildman–Crippen MR) is 78.5 cm³/mol. The molecule has 0 unspecified atom stereocenters. The molecule has 2 heterocycles. The van der Waals surface area contributed by atoms with Crippen LogP contribution in [-0.2, 0) is 26.0 Å². The molecule has 0 bridgehead atoms. The van der Waals surface area contributed by atoms with Gasteiger partial charge in [-0.1, -0.05) is 0 Å². The number of thiazole rings is 1. The van der Waals surface area contributed by atoms with Crippen LogP contribution < -0.4 is 10.0 Å². The lowest BCUT2D eigenvalue weighted by Gasteiger charge is -2.18. The lowest BCUT2D eigenvalue weighted by molar-refractivity contribution is -0.130. The van der Waals surface area contributed by atoms with Crippen LogP contribution >= 0.6 is 11.3 Å². The third kappa shape index (κ3) is 4.97. The minimum atomic E-state index is -3.37. The number of hydrogen-bond acceptors (Lipinski definition) is 6. The molecule has 0 saturated carbocycles. The molecule has 1 fully saturated rings. The summed E-state index contributed by atoms with van der Waals surface area (Å²) >= 11 is 1.13. The lowest BCUT2D eigenvalue weighted by Crippen LogP contribution is -2.35. The van der Waals surface area contributed by atoms with Gasteiger partial charge in [-0.25, -0.2) is 13.4 Å². The number of carbonyl (C=O) groups excluding carboxylic acids is 2. The first-order valence-electron chi connectivity index (χ1n) is 6.30. The van der Waals surface area contributed by atoms with Gasteiger partial charge in [-0.05, 0) is 0 Å². The summed E-state index contributed by atoms with van der Waals surface area (Å²) in [5, 5.41) is 4.59. The summed E-state index contributed by atoms with van der Waals surface area (Å²) in [7, 11) is -3.37. The number of hydrogen-bond donors (Lipinski definition) is 2. The average molecular weight is 332 g/mol. The molecule has 0 spiro atoms. The summed E-state index contributed by atoms with van der Waals surface area (Å²) in [6.45, 7) is 1.31. The maximum absolute atomic E-state index is 12.1. The van der Waals surface area contributed by atoms with E-state index in [2.05, 4.69) is 15.0 Å². The highest BCUT2D eigenvalue weighted by Gasteiger charge is 2.19. The Morgan fingerprint density at radius 3 is 3.00 bits per heavy atom. The molecule has 2 amide bonds. The van der Waals surface area contributed by atoms with E-state index in [1.54, 1.807) is 10.3 Å². The van der Waals surface area contributed by atoms with Crippen LogP contribution in [-0.4, -0.2) is 56.0 Å². The third-order valence-electron chi connectivity index (χ3n) is 2.82. The van der Waals surface area contributed by atoms with Crippen molar-refractivity contribution in [1.82, 2.24) is 15.2 Å². The zero-order chi connectivity index (χ0) is 15.5. The molecular weight excluding hydrogens is 316 g/mol. The number of sulfonamides is 1. The first-order valence-corrected chi connectivity index (χ1v) is 9.07. The number of rotatable bonds is 4. The predicted octanol–water partition coefficient (Wildman–Crippen LogP) is -0.594. The molecule has 1 aromatic heterocycles. The van der Waals surface area contributed by atoms with E-state index >= 15 is 0 Å². The Kier molecular flexibility index (Phi) is 4.78. The molecule has 8 nitrogen and oxygen atoms in total. The van der Waals surface area contributed by atoms with E-state index < -0.39 is 10.0 Å². The Morgan fingerprint density at radius 2 is 2.29 bits per heavy atom. The van der Waals surface area contributed by atoms with E-state index in [4.69, 9.17) is 0 Å². The van der Waals surface area contributed by atoms with Gasteiger partial charge in [0.25, 0.3) is 0 Å². The molecule has 0 atom stereocenters. The van der Waals surface area contributed by atoms with E-state index in [-0.39, 0.29) is 23.4 Å². The normalized spacial score (nSPS) is 16.2. The number of anilines is 1. The summed E-state index contributed by atoms with van der Waals surface area (Å²) < 4.78 is 24.5. The Bertz CT molecular complexity index is 640. The Labute approximate surface area is 126 Å². The third-order valence-corrected chi connectivity index (χ3v) is 4.32. The van der Waals surface area contributed by atoms with E-state index in [9.17, 15) is 18.0 Å². The van der Waals surface area contributed by atoms with Crippen molar-refractivity contribution >= 4 is 38.3 Å². The highest BCUT2D eigenvalue weighted by Crippen LogP contribution is 2.17. The molecule has 116 valence electrons. The topological polar surface area (TPSA) is 108 Å². The van der Waals surface area contributed by atoms with Crippen molar-refractivity contribution in [2.75, 3.05) is 30.6 Å². The number of nitrogens with zero attached hydrogens (tertiary/aromatic N) is 2. The molecule has 0 aromatic carbocycles. The zero-order valence-corrected chi connectivity index (χ0v) is 13.1. The first kappa shape index (κ1) is 15.7. The van der Waals surface area contributed by atoms with Gasteiger partial charge in [0, 0.05) is 31.4 Å². The Morgan fingerprint density at radius 1 is 1.52 bits per heavy atom. The number of amides is 2. The van der Waals surface area contributed by atoms with E-state index in [0.717, 1.165) is 17.6 Å². The molecule has 0 aliphatic carbocycles. The summed E-state index contributed by atoms with van der Waals surface area (Å²) in [5.74, 6) is -0.179. The number of nitrogens with one attached hydrogen (secondary N) is 2. The first-order chi connectivity index (χ1) is 9.83. The van der Waals surface area contributed by atoms with Gasteiger partial charge in [0.05, 0.1) is 18.4 Å². The molecule has 0 radical (unpaired) electrons. The molecule has 10 heteroatoms. The average Bonchev–Trinajstić information content (AvgIpc) is 2.66. The molecule has 1 aliphatic rings. The van der Waals surface area contributed by atoms with Gasteiger partial charge < -0.3 is 10.2 Å².